The van der Waals surface area contributed by atoms with Crippen LogP contribution in [0.25, 0.3) is 0 Å². The van der Waals surface area contributed by atoms with Gasteiger partial charge in [-0.3, -0.25) is 4.90 Å². The Labute approximate surface area is 70.8 Å². The molecular formula is C10H21N. The molecule has 1 saturated heterocycles. The predicted molar refractivity (Wildman–Crippen MR) is 49.7 cm³/mol. The summed E-state index contributed by atoms with van der Waals surface area (Å²) < 4.78 is 0. The van der Waals surface area contributed by atoms with E-state index in [4.69, 9.17) is 0 Å². The van der Waals surface area contributed by atoms with E-state index in [-0.39, 0.29) is 0 Å². The van der Waals surface area contributed by atoms with E-state index in [1.165, 1.54) is 13.0 Å². The van der Waals surface area contributed by atoms with E-state index in [1.54, 1.807) is 0 Å². The van der Waals surface area contributed by atoms with Crippen LogP contribution in [0.15, 0.2) is 0 Å². The fourth-order valence-corrected chi connectivity index (χ4v) is 1.96. The molecule has 0 aromatic heterocycles. The number of rotatable bonds is 1. The third-order valence-electron chi connectivity index (χ3n) is 2.72. The Bertz CT molecular complexity index is 132. The highest BCUT2D eigenvalue weighted by atomic mass is 15.2. The van der Waals surface area contributed by atoms with E-state index in [0.29, 0.717) is 5.41 Å². The monoisotopic (exact) mass is 155 g/mol. The first-order valence-corrected chi connectivity index (χ1v) is 4.68. The van der Waals surface area contributed by atoms with Gasteiger partial charge in [0, 0.05) is 18.6 Å². The van der Waals surface area contributed by atoms with Gasteiger partial charge in [0.15, 0.2) is 0 Å². The van der Waals surface area contributed by atoms with Crippen LogP contribution in [0.3, 0.4) is 0 Å². The lowest BCUT2D eigenvalue weighted by Gasteiger charge is -2.50. The molecule has 0 amide bonds. The van der Waals surface area contributed by atoms with Gasteiger partial charge in [-0.05, 0) is 25.7 Å². The van der Waals surface area contributed by atoms with Crippen LogP contribution in [0, 0.1) is 5.41 Å². The van der Waals surface area contributed by atoms with Gasteiger partial charge in [0.2, 0.25) is 0 Å². The number of likely N-dealkylation sites (tertiary alicyclic amines) is 1. The van der Waals surface area contributed by atoms with Crippen molar-refractivity contribution in [3.8, 4) is 0 Å². The van der Waals surface area contributed by atoms with Gasteiger partial charge < -0.3 is 0 Å². The molecular weight excluding hydrogens is 134 g/mol. The predicted octanol–water partition coefficient (Wildman–Crippen LogP) is 2.52. The zero-order valence-electron chi connectivity index (χ0n) is 8.52. The minimum absolute atomic E-state index is 0.475. The molecule has 1 unspecified atom stereocenters. The van der Waals surface area contributed by atoms with Gasteiger partial charge in [-0.25, -0.2) is 0 Å². The highest BCUT2D eigenvalue weighted by molar-refractivity contribution is 4.92. The topological polar surface area (TPSA) is 3.24 Å². The molecule has 0 bridgehead atoms. The molecule has 1 atom stereocenters. The fraction of sp³-hybridized carbons (Fsp3) is 1.00. The van der Waals surface area contributed by atoms with Crippen molar-refractivity contribution in [1.29, 1.82) is 0 Å². The molecule has 0 aromatic carbocycles. The number of nitrogens with zero attached hydrogens (tertiary/aromatic N) is 1. The van der Waals surface area contributed by atoms with Crippen LogP contribution < -0.4 is 0 Å². The summed E-state index contributed by atoms with van der Waals surface area (Å²) in [5.74, 6) is 0. The molecule has 0 aromatic rings. The maximum absolute atomic E-state index is 2.60. The highest BCUT2D eigenvalue weighted by Gasteiger charge is 2.37. The van der Waals surface area contributed by atoms with E-state index in [9.17, 15) is 0 Å². The summed E-state index contributed by atoms with van der Waals surface area (Å²) in [4.78, 5) is 2.60. The van der Waals surface area contributed by atoms with Crippen LogP contribution in [-0.2, 0) is 0 Å². The van der Waals surface area contributed by atoms with Crippen molar-refractivity contribution >= 4 is 0 Å². The SMILES string of the molecule is CC(C)N1CCC1C(C)(C)C. The summed E-state index contributed by atoms with van der Waals surface area (Å²) in [7, 11) is 0. The van der Waals surface area contributed by atoms with Crippen LogP contribution in [0.2, 0.25) is 0 Å². The molecule has 1 aliphatic rings. The first kappa shape index (κ1) is 9.05. The highest BCUT2D eigenvalue weighted by Crippen LogP contribution is 2.34. The van der Waals surface area contributed by atoms with Crippen LogP contribution in [0.4, 0.5) is 0 Å². The first-order valence-electron chi connectivity index (χ1n) is 4.68. The third-order valence-corrected chi connectivity index (χ3v) is 2.72. The summed E-state index contributed by atoms with van der Waals surface area (Å²) in [6.07, 6.45) is 1.39. The zero-order chi connectivity index (χ0) is 8.65. The van der Waals surface area contributed by atoms with Gasteiger partial charge in [0.05, 0.1) is 0 Å². The Morgan fingerprint density at radius 2 is 1.82 bits per heavy atom. The second-order valence-electron chi connectivity index (χ2n) is 5.00. The summed E-state index contributed by atoms with van der Waals surface area (Å²) >= 11 is 0. The largest absolute Gasteiger partial charge is 0.297 e. The maximum Gasteiger partial charge on any atom is 0.0159 e. The van der Waals surface area contributed by atoms with Crippen molar-refractivity contribution in [1.82, 2.24) is 4.90 Å². The minimum Gasteiger partial charge on any atom is -0.297 e. The Morgan fingerprint density at radius 3 is 1.91 bits per heavy atom. The van der Waals surface area contributed by atoms with Gasteiger partial charge in [0.1, 0.15) is 0 Å². The maximum atomic E-state index is 2.60. The van der Waals surface area contributed by atoms with Gasteiger partial charge >= 0.3 is 0 Å². The molecule has 0 saturated carbocycles. The molecule has 1 rings (SSSR count). The van der Waals surface area contributed by atoms with Crippen molar-refractivity contribution in [2.75, 3.05) is 6.54 Å². The van der Waals surface area contributed by atoms with Crippen LogP contribution >= 0.6 is 0 Å². The first-order chi connectivity index (χ1) is 4.93. The standard InChI is InChI=1S/C10H21N/c1-8(2)11-7-6-9(11)10(3,4)5/h8-9H,6-7H2,1-5H3. The molecule has 1 fully saturated rings. The molecule has 0 N–H and O–H groups in total. The molecule has 11 heavy (non-hydrogen) atoms. The van der Waals surface area contributed by atoms with Crippen molar-refractivity contribution in [2.45, 2.75) is 53.1 Å². The van der Waals surface area contributed by atoms with Crippen LogP contribution in [0.1, 0.15) is 41.0 Å². The summed E-state index contributed by atoms with van der Waals surface area (Å²) in [5, 5.41) is 0. The van der Waals surface area contributed by atoms with E-state index < -0.39 is 0 Å². The van der Waals surface area contributed by atoms with Crippen LogP contribution in [0.5, 0.6) is 0 Å². The van der Waals surface area contributed by atoms with Gasteiger partial charge in [-0.15, -0.1) is 0 Å². The van der Waals surface area contributed by atoms with E-state index in [1.807, 2.05) is 0 Å². The summed E-state index contributed by atoms with van der Waals surface area (Å²) in [5.41, 5.74) is 0.475. The molecule has 0 radical (unpaired) electrons. The average molecular weight is 155 g/mol. The van der Waals surface area contributed by atoms with Gasteiger partial charge in [0.25, 0.3) is 0 Å². The molecule has 0 spiro atoms. The van der Waals surface area contributed by atoms with Crippen molar-refractivity contribution < 1.29 is 0 Å². The Kier molecular flexibility index (Phi) is 2.29. The molecule has 1 heteroatoms. The lowest BCUT2D eigenvalue weighted by molar-refractivity contribution is -0.0127. The summed E-state index contributed by atoms with van der Waals surface area (Å²) in [6.45, 7) is 12.9. The van der Waals surface area contributed by atoms with Crippen molar-refractivity contribution in [3.63, 3.8) is 0 Å². The average Bonchev–Trinajstić information content (AvgIpc) is 1.51. The smallest absolute Gasteiger partial charge is 0.0159 e. The lowest BCUT2D eigenvalue weighted by atomic mass is 9.78. The zero-order valence-corrected chi connectivity index (χ0v) is 8.52. The van der Waals surface area contributed by atoms with E-state index >= 15 is 0 Å². The Hall–Kier alpha value is -0.0400. The van der Waals surface area contributed by atoms with Crippen molar-refractivity contribution in [2.24, 2.45) is 5.41 Å². The molecule has 1 aliphatic heterocycles. The Morgan fingerprint density at radius 1 is 1.27 bits per heavy atom. The summed E-state index contributed by atoms with van der Waals surface area (Å²) in [6, 6.07) is 1.55. The quantitative estimate of drug-likeness (QED) is 0.562. The molecule has 1 heterocycles. The number of hydrogen-bond acceptors (Lipinski definition) is 1. The second-order valence-corrected chi connectivity index (χ2v) is 5.00. The Balaban J connectivity index is 2.50. The number of hydrogen-bond donors (Lipinski definition) is 0. The normalized spacial score (nSPS) is 27.3. The molecule has 66 valence electrons. The molecule has 1 nitrogen and oxygen atoms in total. The fourth-order valence-electron chi connectivity index (χ4n) is 1.96. The van der Waals surface area contributed by atoms with Gasteiger partial charge in [-0.1, -0.05) is 20.8 Å². The van der Waals surface area contributed by atoms with Crippen molar-refractivity contribution in [3.05, 3.63) is 0 Å². The lowest BCUT2D eigenvalue weighted by Crippen LogP contribution is -2.57. The van der Waals surface area contributed by atoms with E-state index in [2.05, 4.69) is 39.5 Å². The van der Waals surface area contributed by atoms with Gasteiger partial charge in [-0.2, -0.15) is 0 Å². The van der Waals surface area contributed by atoms with E-state index in [0.717, 1.165) is 12.1 Å². The molecule has 0 aliphatic carbocycles. The minimum atomic E-state index is 0.475. The second kappa shape index (κ2) is 2.78. The van der Waals surface area contributed by atoms with Crippen LogP contribution in [-0.4, -0.2) is 23.5 Å². The third kappa shape index (κ3) is 1.76.